The first-order valence-corrected chi connectivity index (χ1v) is 4.24. The molecule has 0 fully saturated rings. The van der Waals surface area contributed by atoms with Crippen LogP contribution in [0.1, 0.15) is 6.42 Å². The summed E-state index contributed by atoms with van der Waals surface area (Å²) in [5, 5.41) is 7.14. The van der Waals surface area contributed by atoms with Crippen LogP contribution in [0.15, 0.2) is 10.7 Å². The Morgan fingerprint density at radius 3 is 3.10 bits per heavy atom. The molecule has 0 spiro atoms. The molecule has 0 atom stereocenters. The van der Waals surface area contributed by atoms with Gasteiger partial charge in [-0.15, -0.1) is 11.8 Å². The van der Waals surface area contributed by atoms with E-state index in [9.17, 15) is 4.79 Å². The number of carbonyl (C=O) groups is 1. The predicted octanol–water partition coefficient (Wildman–Crippen LogP) is 0.0118. The second-order valence-corrected chi connectivity index (χ2v) is 3.36. The fourth-order valence-corrected chi connectivity index (χ4v) is 2.10. The van der Waals surface area contributed by atoms with Crippen molar-refractivity contribution in [2.75, 3.05) is 12.4 Å². The number of rotatable bonds is 0. The number of thioether (sulfide) groups is 1. The second kappa shape index (κ2) is 2.20. The van der Waals surface area contributed by atoms with Crippen LogP contribution in [-0.4, -0.2) is 18.2 Å². The van der Waals surface area contributed by atoms with Gasteiger partial charge in [-0.05, 0) is 0 Å². The van der Waals surface area contributed by atoms with Crippen molar-refractivity contribution in [3.8, 4) is 0 Å². The van der Waals surface area contributed by atoms with E-state index in [2.05, 4.69) is 10.6 Å². The lowest BCUT2D eigenvalue weighted by molar-refractivity contribution is -0.115. The maximum absolute atomic E-state index is 11.1. The smallest absolute Gasteiger partial charge is 0.182 e. The van der Waals surface area contributed by atoms with E-state index in [0.29, 0.717) is 13.1 Å². The van der Waals surface area contributed by atoms with E-state index >= 15 is 0 Å². The van der Waals surface area contributed by atoms with Crippen LogP contribution in [-0.2, 0) is 4.79 Å². The molecule has 2 aliphatic heterocycles. The number of carbonyl (C=O) groups excluding carboxylic acids is 1. The normalized spacial score (nSPS) is 23.8. The summed E-state index contributed by atoms with van der Waals surface area (Å²) in [6.45, 7) is 0.712. The van der Waals surface area contributed by atoms with Crippen molar-refractivity contribution in [1.29, 1.82) is 0 Å². The van der Waals surface area contributed by atoms with Crippen LogP contribution in [0.2, 0.25) is 0 Å². The number of hydrogen-bond acceptors (Lipinski definition) is 4. The summed E-state index contributed by atoms with van der Waals surface area (Å²) < 4.78 is 0. The second-order valence-electron chi connectivity index (χ2n) is 2.26. The van der Waals surface area contributed by atoms with E-state index in [0.717, 1.165) is 16.5 Å². The predicted molar refractivity (Wildman–Crippen MR) is 40.2 cm³/mol. The number of nitrogens with one attached hydrogen (secondary N) is 2. The Bertz CT molecular complexity index is 212. The number of Topliss-reactive ketones (excluding diaryl/α,β-unsaturated/α-hetero) is 1. The molecule has 10 heavy (non-hydrogen) atoms. The van der Waals surface area contributed by atoms with Crippen LogP contribution in [0, 0.1) is 0 Å². The minimum atomic E-state index is 0.249. The maximum Gasteiger partial charge on any atom is 0.182 e. The van der Waals surface area contributed by atoms with Crippen LogP contribution in [0.25, 0.3) is 0 Å². The molecule has 0 saturated carbocycles. The van der Waals surface area contributed by atoms with Crippen molar-refractivity contribution in [2.24, 2.45) is 0 Å². The van der Waals surface area contributed by atoms with Gasteiger partial charge in [0.15, 0.2) is 5.78 Å². The summed E-state index contributed by atoms with van der Waals surface area (Å²) in [6, 6.07) is 0. The quantitative estimate of drug-likeness (QED) is 0.518. The molecule has 0 amide bonds. The summed E-state index contributed by atoms with van der Waals surface area (Å²) in [5.41, 5.74) is 0.802. The Morgan fingerprint density at radius 1 is 1.40 bits per heavy atom. The highest BCUT2D eigenvalue weighted by Crippen LogP contribution is 2.25. The summed E-state index contributed by atoms with van der Waals surface area (Å²) in [6.07, 6.45) is 0.679. The van der Waals surface area contributed by atoms with E-state index in [1.54, 1.807) is 11.8 Å². The van der Waals surface area contributed by atoms with Crippen molar-refractivity contribution in [3.63, 3.8) is 0 Å². The molecule has 2 aliphatic rings. The minimum Gasteiger partial charge on any atom is -0.363 e. The van der Waals surface area contributed by atoms with Gasteiger partial charge in [-0.3, -0.25) is 4.79 Å². The number of ketones is 1. The van der Waals surface area contributed by atoms with Gasteiger partial charge in [-0.25, -0.2) is 0 Å². The van der Waals surface area contributed by atoms with Gasteiger partial charge in [-0.2, -0.15) is 0 Å². The zero-order chi connectivity index (χ0) is 6.97. The van der Waals surface area contributed by atoms with Gasteiger partial charge in [-0.1, -0.05) is 0 Å². The van der Waals surface area contributed by atoms with Gasteiger partial charge in [0.25, 0.3) is 0 Å². The van der Waals surface area contributed by atoms with Crippen LogP contribution >= 0.6 is 11.8 Å². The average Bonchev–Trinajstić information content (AvgIpc) is 2.36. The molecule has 2 heterocycles. The zero-order valence-corrected chi connectivity index (χ0v) is 6.25. The Kier molecular flexibility index (Phi) is 1.34. The largest absolute Gasteiger partial charge is 0.363 e. The topological polar surface area (TPSA) is 41.1 Å². The summed E-state index contributed by atoms with van der Waals surface area (Å²) >= 11 is 1.72. The Labute approximate surface area is 63.2 Å². The van der Waals surface area contributed by atoms with Crippen LogP contribution in [0.4, 0.5) is 0 Å². The Hall–Kier alpha value is -0.640. The van der Waals surface area contributed by atoms with E-state index in [1.165, 1.54) is 0 Å². The monoisotopic (exact) mass is 156 g/mol. The molecule has 0 aromatic heterocycles. The van der Waals surface area contributed by atoms with Crippen molar-refractivity contribution < 1.29 is 4.79 Å². The lowest BCUT2D eigenvalue weighted by Gasteiger charge is -2.09. The maximum atomic E-state index is 11.1. The van der Waals surface area contributed by atoms with Gasteiger partial charge in [0.05, 0.1) is 11.7 Å². The zero-order valence-electron chi connectivity index (χ0n) is 5.44. The first-order valence-electron chi connectivity index (χ1n) is 3.26. The van der Waals surface area contributed by atoms with Gasteiger partial charge in [0.2, 0.25) is 0 Å². The molecule has 54 valence electrons. The molecule has 0 radical (unpaired) electrons. The summed E-state index contributed by atoms with van der Waals surface area (Å²) in [7, 11) is 0. The first kappa shape index (κ1) is 6.09. The SMILES string of the molecule is O=C1CCSC2=C1NCN2. The molecular weight excluding hydrogens is 148 g/mol. The van der Waals surface area contributed by atoms with E-state index in [-0.39, 0.29) is 5.78 Å². The molecule has 0 aromatic carbocycles. The van der Waals surface area contributed by atoms with E-state index in [4.69, 9.17) is 0 Å². The van der Waals surface area contributed by atoms with Crippen molar-refractivity contribution >= 4 is 17.5 Å². The first-order chi connectivity index (χ1) is 4.88. The molecule has 0 aliphatic carbocycles. The third kappa shape index (κ3) is 0.794. The lowest BCUT2D eigenvalue weighted by Crippen LogP contribution is -2.19. The standard InChI is InChI=1S/C6H8N2OS/c9-4-1-2-10-6-5(4)7-3-8-6/h7-8H,1-3H2. The Morgan fingerprint density at radius 2 is 2.30 bits per heavy atom. The number of hydrogen-bond donors (Lipinski definition) is 2. The van der Waals surface area contributed by atoms with Gasteiger partial charge in [0, 0.05) is 12.2 Å². The molecule has 0 aromatic rings. The minimum absolute atomic E-state index is 0.249. The van der Waals surface area contributed by atoms with Gasteiger partial charge in [0.1, 0.15) is 5.70 Å². The van der Waals surface area contributed by atoms with E-state index in [1.807, 2.05) is 0 Å². The fourth-order valence-electron chi connectivity index (χ4n) is 1.10. The molecule has 3 nitrogen and oxygen atoms in total. The lowest BCUT2D eigenvalue weighted by atomic mass is 10.2. The molecule has 2 N–H and O–H groups in total. The van der Waals surface area contributed by atoms with E-state index < -0.39 is 0 Å². The van der Waals surface area contributed by atoms with Crippen LogP contribution < -0.4 is 10.6 Å². The molecular formula is C6H8N2OS. The highest BCUT2D eigenvalue weighted by Gasteiger charge is 2.24. The molecule has 0 bridgehead atoms. The average molecular weight is 156 g/mol. The third-order valence-electron chi connectivity index (χ3n) is 1.60. The van der Waals surface area contributed by atoms with Crippen molar-refractivity contribution in [2.45, 2.75) is 6.42 Å². The highest BCUT2D eigenvalue weighted by atomic mass is 32.2. The van der Waals surface area contributed by atoms with Gasteiger partial charge >= 0.3 is 0 Å². The molecule has 0 saturated heterocycles. The van der Waals surface area contributed by atoms with Crippen molar-refractivity contribution in [1.82, 2.24) is 10.6 Å². The summed E-state index contributed by atoms with van der Waals surface area (Å²) in [5.74, 6) is 1.17. The summed E-state index contributed by atoms with van der Waals surface area (Å²) in [4.78, 5) is 11.1. The van der Waals surface area contributed by atoms with Crippen LogP contribution in [0.5, 0.6) is 0 Å². The molecule has 2 rings (SSSR count). The fraction of sp³-hybridized carbons (Fsp3) is 0.500. The Balaban J connectivity index is 2.31. The number of allylic oxidation sites excluding steroid dienone is 1. The van der Waals surface area contributed by atoms with Crippen LogP contribution in [0.3, 0.4) is 0 Å². The third-order valence-corrected chi connectivity index (χ3v) is 2.64. The van der Waals surface area contributed by atoms with Crippen molar-refractivity contribution in [3.05, 3.63) is 10.7 Å². The van der Waals surface area contributed by atoms with Gasteiger partial charge < -0.3 is 10.6 Å². The molecule has 4 heteroatoms. The molecule has 0 unspecified atom stereocenters. The highest BCUT2D eigenvalue weighted by molar-refractivity contribution is 8.03.